The number of carbonyl (C=O) groups is 2. The first-order valence-corrected chi connectivity index (χ1v) is 15.1. The first-order chi connectivity index (χ1) is 21.2. The van der Waals surface area contributed by atoms with Gasteiger partial charge in [-0.1, -0.05) is 29.8 Å². The Morgan fingerprint density at radius 3 is 2.44 bits per heavy atom. The average molecular weight is 655 g/mol. The number of hydrogen-bond acceptors (Lipinski definition) is 10. The predicted molar refractivity (Wildman–Crippen MR) is 149 cm³/mol. The minimum Gasteiger partial charge on any atom is -0.431 e. The van der Waals surface area contributed by atoms with Gasteiger partial charge in [-0.3, -0.25) is 4.79 Å². The van der Waals surface area contributed by atoms with E-state index in [9.17, 15) is 31.2 Å². The SMILES string of the molecule is Cc1ccc(-c2cc(C(F)(F)F)nn2-c2ccc(S(=O)(=O)NC(=O)C3CCCN3n3on3OCOC(=O)OC(C)C)cc2)cc1. The first kappa shape index (κ1) is 31.6. The van der Waals surface area contributed by atoms with Crippen molar-refractivity contribution in [3.05, 3.63) is 65.9 Å². The van der Waals surface area contributed by atoms with Crippen LogP contribution in [0.2, 0.25) is 0 Å². The van der Waals surface area contributed by atoms with Gasteiger partial charge in [0.25, 0.3) is 22.7 Å². The molecule has 1 N–H and O–H groups in total. The minimum atomic E-state index is -4.70. The number of aryl methyl sites for hydroxylation is 1. The van der Waals surface area contributed by atoms with E-state index in [1.165, 1.54) is 29.3 Å². The van der Waals surface area contributed by atoms with Gasteiger partial charge in [0.05, 0.1) is 27.3 Å². The summed E-state index contributed by atoms with van der Waals surface area (Å²) in [5.41, 5.74) is 0.623. The second-order valence-corrected chi connectivity index (χ2v) is 12.0. The topological polar surface area (TPSA) is 152 Å². The van der Waals surface area contributed by atoms with E-state index in [2.05, 4.69) is 5.10 Å². The van der Waals surface area contributed by atoms with Crippen LogP contribution in [0.5, 0.6) is 0 Å². The van der Waals surface area contributed by atoms with Crippen molar-refractivity contribution in [2.75, 3.05) is 18.3 Å². The van der Waals surface area contributed by atoms with Gasteiger partial charge in [-0.15, -0.1) is 0 Å². The number of amides is 1. The third kappa shape index (κ3) is 7.27. The van der Waals surface area contributed by atoms with Crippen molar-refractivity contribution in [2.45, 2.75) is 56.8 Å². The molecule has 1 fully saturated rings. The first-order valence-electron chi connectivity index (χ1n) is 13.7. The molecule has 2 aromatic carbocycles. The molecule has 242 valence electrons. The largest absolute Gasteiger partial charge is 0.511 e. The molecule has 0 spiro atoms. The van der Waals surface area contributed by atoms with Gasteiger partial charge in [0, 0.05) is 12.1 Å². The highest BCUT2D eigenvalue weighted by molar-refractivity contribution is 7.90. The van der Waals surface area contributed by atoms with Gasteiger partial charge in [-0.2, -0.15) is 22.9 Å². The zero-order valence-electron chi connectivity index (χ0n) is 24.2. The van der Waals surface area contributed by atoms with Crippen LogP contribution < -0.4 is 14.6 Å². The van der Waals surface area contributed by atoms with Crippen LogP contribution in [0.15, 0.2) is 64.1 Å². The summed E-state index contributed by atoms with van der Waals surface area (Å²) < 4.78 is 84.5. The quantitative estimate of drug-likeness (QED) is 0.198. The Bertz CT molecular complexity index is 1750. The Labute approximate surface area is 254 Å². The third-order valence-electron chi connectivity index (χ3n) is 6.65. The van der Waals surface area contributed by atoms with Gasteiger partial charge in [0.1, 0.15) is 11.1 Å². The average Bonchev–Trinajstić information content (AvgIpc) is 3.34. The number of halogens is 3. The molecule has 5 rings (SSSR count). The number of nitrogens with one attached hydrogen (secondary N) is 1. The van der Waals surface area contributed by atoms with Crippen molar-refractivity contribution in [1.82, 2.24) is 24.5 Å². The van der Waals surface area contributed by atoms with Crippen molar-refractivity contribution in [3.63, 3.8) is 0 Å². The van der Waals surface area contributed by atoms with Crippen LogP contribution in [-0.2, 0) is 30.5 Å². The summed E-state index contributed by atoms with van der Waals surface area (Å²) in [7, 11) is -4.37. The Morgan fingerprint density at radius 2 is 1.80 bits per heavy atom. The number of nitrogens with zero attached hydrogens (tertiary/aromatic N) is 5. The fourth-order valence-electron chi connectivity index (χ4n) is 4.50. The summed E-state index contributed by atoms with van der Waals surface area (Å²) in [4.78, 5) is 30.3. The lowest BCUT2D eigenvalue weighted by molar-refractivity contribution is -0.141. The highest BCUT2D eigenvalue weighted by Gasteiger charge is 2.39. The Hall–Kier alpha value is -4.87. The molecule has 1 atom stereocenters. The van der Waals surface area contributed by atoms with Crippen molar-refractivity contribution in [2.24, 2.45) is 0 Å². The molecule has 0 saturated carbocycles. The van der Waals surface area contributed by atoms with Crippen LogP contribution >= 0.6 is 0 Å². The highest BCUT2D eigenvalue weighted by atomic mass is 32.2. The van der Waals surface area contributed by atoms with Crippen LogP contribution in [0.3, 0.4) is 0 Å². The zero-order chi connectivity index (χ0) is 32.5. The van der Waals surface area contributed by atoms with Crippen LogP contribution in [0.4, 0.5) is 18.0 Å². The Morgan fingerprint density at radius 1 is 1.11 bits per heavy atom. The number of sulfonamides is 1. The smallest absolute Gasteiger partial charge is 0.431 e. The molecule has 14 nitrogen and oxygen atoms in total. The monoisotopic (exact) mass is 654 g/mol. The molecule has 1 amide bonds. The van der Waals surface area contributed by atoms with Crippen molar-refractivity contribution < 1.29 is 50.1 Å². The van der Waals surface area contributed by atoms with Gasteiger partial charge in [0.15, 0.2) is 5.69 Å². The summed E-state index contributed by atoms with van der Waals surface area (Å²) in [5, 5.41) is 5.98. The van der Waals surface area contributed by atoms with E-state index in [4.69, 9.17) is 18.9 Å². The zero-order valence-corrected chi connectivity index (χ0v) is 25.0. The molecule has 1 aliphatic heterocycles. The Balaban J connectivity index is 1.26. The number of rotatable bonds is 10. The van der Waals surface area contributed by atoms with Gasteiger partial charge < -0.3 is 14.3 Å². The van der Waals surface area contributed by atoms with E-state index in [1.54, 1.807) is 38.1 Å². The van der Waals surface area contributed by atoms with Crippen molar-refractivity contribution in [1.29, 1.82) is 0 Å². The minimum absolute atomic E-state index is 0.157. The third-order valence-corrected chi connectivity index (χ3v) is 8.01. The van der Waals surface area contributed by atoms with E-state index in [1.807, 2.05) is 11.6 Å². The summed E-state index contributed by atoms with van der Waals surface area (Å²) >= 11 is 0. The lowest BCUT2D eigenvalue weighted by Crippen LogP contribution is -2.49. The summed E-state index contributed by atoms with van der Waals surface area (Å²) in [5.74, 6) is -0.840. The van der Waals surface area contributed by atoms with E-state index in [0.29, 0.717) is 24.9 Å². The maximum absolute atomic E-state index is 13.5. The summed E-state index contributed by atoms with van der Waals surface area (Å²) in [6, 6.07) is 11.7. The van der Waals surface area contributed by atoms with E-state index in [-0.39, 0.29) is 22.4 Å². The van der Waals surface area contributed by atoms with Crippen LogP contribution in [0.25, 0.3) is 16.9 Å². The summed E-state index contributed by atoms with van der Waals surface area (Å²) in [6.07, 6.45) is -5.20. The lowest BCUT2D eigenvalue weighted by atomic mass is 10.1. The molecule has 4 aromatic rings. The number of hydrogen-bond donors (Lipinski definition) is 1. The Kier molecular flexibility index (Phi) is 8.59. The normalized spacial score (nSPS) is 15.4. The number of benzene rings is 2. The fourth-order valence-corrected chi connectivity index (χ4v) is 5.51. The molecule has 45 heavy (non-hydrogen) atoms. The van der Waals surface area contributed by atoms with Crippen LogP contribution in [0.1, 0.15) is 37.9 Å². The number of carbonyl (C=O) groups excluding carboxylic acids is 2. The molecule has 0 radical (unpaired) electrons. The van der Waals surface area contributed by atoms with E-state index in [0.717, 1.165) is 26.3 Å². The molecule has 0 bridgehead atoms. The summed E-state index contributed by atoms with van der Waals surface area (Å²) in [6.45, 7) is 4.92. The van der Waals surface area contributed by atoms with Crippen LogP contribution in [0, 0.1) is 6.92 Å². The van der Waals surface area contributed by atoms with Crippen LogP contribution in [-0.4, -0.2) is 65.7 Å². The van der Waals surface area contributed by atoms with Gasteiger partial charge in [-0.25, -0.2) is 27.6 Å². The standard InChI is InChI=1S/C27H29F3N6O8S/c1-17(2)43-26(38)41-16-42-36-35(44-36)33-14-4-5-22(33)25(37)32-45(39,40)21-12-10-20(11-13-21)34-23(15-24(31-34)27(28,29)30)19-8-6-18(3)7-9-19/h6-13,15,17,22H,4-5,14,16H2,1-3H3,(H,32,37). The molecule has 2 aromatic heterocycles. The maximum Gasteiger partial charge on any atom is 0.511 e. The maximum atomic E-state index is 13.5. The van der Waals surface area contributed by atoms with Gasteiger partial charge >= 0.3 is 12.3 Å². The number of aromatic nitrogens is 4. The molecular formula is C27H29F3N6O8S. The van der Waals surface area contributed by atoms with Crippen molar-refractivity contribution in [3.8, 4) is 16.9 Å². The molecule has 3 heterocycles. The number of alkyl halides is 3. The molecule has 1 saturated heterocycles. The second-order valence-electron chi connectivity index (χ2n) is 10.4. The van der Waals surface area contributed by atoms with Crippen molar-refractivity contribution >= 4 is 22.1 Å². The molecular weight excluding hydrogens is 625 g/mol. The molecule has 1 aliphatic rings. The van der Waals surface area contributed by atoms with E-state index < -0.39 is 46.8 Å². The molecule has 18 heteroatoms. The molecule has 0 aliphatic carbocycles. The second kappa shape index (κ2) is 12.3. The number of ether oxygens (including phenoxy) is 2. The predicted octanol–water partition coefficient (Wildman–Crippen LogP) is 3.62. The van der Waals surface area contributed by atoms with Gasteiger partial charge in [0.2, 0.25) is 0 Å². The lowest BCUT2D eigenvalue weighted by Gasteiger charge is -2.19. The van der Waals surface area contributed by atoms with E-state index >= 15 is 0 Å². The fraction of sp³-hybridized carbons (Fsp3) is 0.370. The molecule has 1 unspecified atom stereocenters. The highest BCUT2D eigenvalue weighted by Crippen LogP contribution is 2.33. The van der Waals surface area contributed by atoms with Gasteiger partial charge in [-0.05, 0) is 63.9 Å².